The van der Waals surface area contributed by atoms with Gasteiger partial charge in [0.2, 0.25) is 6.29 Å². The second-order valence-corrected chi connectivity index (χ2v) is 8.03. The first kappa shape index (κ1) is 23.9. The minimum absolute atomic E-state index is 0.172. The molecule has 9 heteroatoms. The Bertz CT molecular complexity index is 1130. The molecule has 180 valence electrons. The van der Waals surface area contributed by atoms with Crippen molar-refractivity contribution in [3.63, 3.8) is 0 Å². The molecule has 1 aliphatic rings. The zero-order valence-electron chi connectivity index (χ0n) is 18.3. The second-order valence-electron chi connectivity index (χ2n) is 8.03. The predicted octanol–water partition coefficient (Wildman–Crippen LogP) is 0.654. The molecule has 3 aromatic rings. The molecule has 0 spiro atoms. The molecule has 0 radical (unpaired) electrons. The van der Waals surface area contributed by atoms with Gasteiger partial charge >= 0.3 is 0 Å². The number of hydrogen-bond donors (Lipinski definition) is 4. The maximum absolute atomic E-state index is 12.7. The van der Waals surface area contributed by atoms with E-state index < -0.39 is 37.3 Å². The first-order valence-electron chi connectivity index (χ1n) is 10.9. The quantitative estimate of drug-likeness (QED) is 0.378. The molecule has 9 nitrogen and oxygen atoms in total. The predicted molar refractivity (Wildman–Crippen MR) is 121 cm³/mol. The van der Waals surface area contributed by atoms with E-state index >= 15 is 0 Å². The van der Waals surface area contributed by atoms with Crippen LogP contribution in [0.2, 0.25) is 0 Å². The molecule has 5 atom stereocenters. The Morgan fingerprint density at radius 3 is 2.38 bits per heavy atom. The number of aliphatic hydroxyl groups is 4. The van der Waals surface area contributed by atoms with Crippen molar-refractivity contribution < 1.29 is 34.6 Å². The topological polar surface area (TPSA) is 131 Å². The van der Waals surface area contributed by atoms with Gasteiger partial charge in [-0.15, -0.1) is 0 Å². The molecule has 1 aromatic heterocycles. The summed E-state index contributed by atoms with van der Waals surface area (Å²) in [6.07, 6.45) is -5.34. The van der Waals surface area contributed by atoms with Gasteiger partial charge in [0.05, 0.1) is 13.2 Å². The highest BCUT2D eigenvalue weighted by Crippen LogP contribution is 2.27. The van der Waals surface area contributed by atoms with Crippen molar-refractivity contribution >= 4 is 0 Å². The zero-order valence-corrected chi connectivity index (χ0v) is 18.3. The SMILES string of the molecule is O=c1cc(OCc2ccccc2)ccn1Cc1ccccc1O[C@@H]1O[C@H](CO)[C@@H](O)[C@H](O)[C@H]1O. The maximum Gasteiger partial charge on any atom is 0.254 e. The summed E-state index contributed by atoms with van der Waals surface area (Å²) < 4.78 is 18.4. The number of rotatable bonds is 8. The summed E-state index contributed by atoms with van der Waals surface area (Å²) in [6, 6.07) is 19.6. The van der Waals surface area contributed by atoms with E-state index in [4.69, 9.17) is 14.2 Å². The van der Waals surface area contributed by atoms with Gasteiger partial charge in [-0.1, -0.05) is 48.5 Å². The second kappa shape index (κ2) is 10.8. The Labute approximate surface area is 196 Å². The molecule has 0 aliphatic carbocycles. The molecule has 2 heterocycles. The Morgan fingerprint density at radius 2 is 1.65 bits per heavy atom. The van der Waals surface area contributed by atoms with Gasteiger partial charge in [0.25, 0.3) is 5.56 Å². The van der Waals surface area contributed by atoms with E-state index in [0.717, 1.165) is 5.56 Å². The number of para-hydroxylation sites is 1. The highest BCUT2D eigenvalue weighted by Gasteiger charge is 2.44. The number of hydrogen-bond acceptors (Lipinski definition) is 8. The molecular formula is C25H27NO8. The lowest BCUT2D eigenvalue weighted by atomic mass is 9.99. The summed E-state index contributed by atoms with van der Waals surface area (Å²) in [5.74, 6) is 0.777. The lowest BCUT2D eigenvalue weighted by molar-refractivity contribution is -0.277. The van der Waals surface area contributed by atoms with Gasteiger partial charge in [-0.2, -0.15) is 0 Å². The molecule has 0 unspecified atom stereocenters. The van der Waals surface area contributed by atoms with Crippen LogP contribution in [0.15, 0.2) is 77.7 Å². The van der Waals surface area contributed by atoms with Crippen molar-refractivity contribution in [2.24, 2.45) is 0 Å². The Morgan fingerprint density at radius 1 is 0.912 bits per heavy atom. The van der Waals surface area contributed by atoms with Crippen LogP contribution in [0.5, 0.6) is 11.5 Å². The summed E-state index contributed by atoms with van der Waals surface area (Å²) in [7, 11) is 0. The van der Waals surface area contributed by atoms with Crippen LogP contribution in [0.4, 0.5) is 0 Å². The van der Waals surface area contributed by atoms with E-state index in [1.807, 2.05) is 30.3 Å². The molecule has 1 aliphatic heterocycles. The Balaban J connectivity index is 1.46. The van der Waals surface area contributed by atoms with Crippen LogP contribution in [0.25, 0.3) is 0 Å². The fourth-order valence-electron chi connectivity index (χ4n) is 3.67. The largest absolute Gasteiger partial charge is 0.489 e. The average Bonchev–Trinajstić information content (AvgIpc) is 2.86. The van der Waals surface area contributed by atoms with Crippen LogP contribution in [0.1, 0.15) is 11.1 Å². The van der Waals surface area contributed by atoms with Gasteiger partial charge in [0, 0.05) is 17.8 Å². The molecule has 34 heavy (non-hydrogen) atoms. The number of nitrogens with zero attached hydrogens (tertiary/aromatic N) is 1. The smallest absolute Gasteiger partial charge is 0.254 e. The summed E-state index contributed by atoms with van der Waals surface area (Å²) >= 11 is 0. The van der Waals surface area contributed by atoms with Crippen LogP contribution in [0.3, 0.4) is 0 Å². The van der Waals surface area contributed by atoms with E-state index in [-0.39, 0.29) is 12.1 Å². The Kier molecular flexibility index (Phi) is 7.61. The van der Waals surface area contributed by atoms with E-state index in [1.54, 1.807) is 36.5 Å². The van der Waals surface area contributed by atoms with Crippen LogP contribution in [-0.4, -0.2) is 62.3 Å². The van der Waals surface area contributed by atoms with Crippen molar-refractivity contribution in [2.75, 3.05) is 6.61 Å². The highest BCUT2D eigenvalue weighted by molar-refractivity contribution is 5.34. The van der Waals surface area contributed by atoms with Crippen LogP contribution >= 0.6 is 0 Å². The molecule has 0 saturated carbocycles. The number of aromatic nitrogens is 1. The zero-order chi connectivity index (χ0) is 24.1. The van der Waals surface area contributed by atoms with Crippen LogP contribution in [-0.2, 0) is 17.9 Å². The number of pyridine rings is 1. The minimum Gasteiger partial charge on any atom is -0.489 e. The third kappa shape index (κ3) is 5.46. The summed E-state index contributed by atoms with van der Waals surface area (Å²) in [5, 5.41) is 39.6. The molecular weight excluding hydrogens is 442 g/mol. The molecule has 0 bridgehead atoms. The highest BCUT2D eigenvalue weighted by atomic mass is 16.7. The third-order valence-electron chi connectivity index (χ3n) is 5.62. The monoisotopic (exact) mass is 469 g/mol. The Hall–Kier alpha value is -3.21. The minimum atomic E-state index is -1.55. The number of benzene rings is 2. The van der Waals surface area contributed by atoms with Crippen LogP contribution in [0, 0.1) is 0 Å². The number of aliphatic hydroxyl groups excluding tert-OH is 4. The van der Waals surface area contributed by atoms with E-state index in [2.05, 4.69) is 0 Å². The van der Waals surface area contributed by atoms with Gasteiger partial charge < -0.3 is 39.2 Å². The lowest BCUT2D eigenvalue weighted by Crippen LogP contribution is -2.60. The van der Waals surface area contributed by atoms with Crippen molar-refractivity contribution in [2.45, 2.75) is 43.9 Å². The van der Waals surface area contributed by atoms with Crippen molar-refractivity contribution in [1.82, 2.24) is 4.57 Å². The standard InChI is InChI=1S/C25H27NO8/c27-14-20-22(29)23(30)24(31)25(34-20)33-19-9-5-4-8-17(19)13-26-11-10-18(12-21(26)28)32-15-16-6-2-1-3-7-16/h1-12,20,22-25,27,29-31H,13-15H2/t20-,22-,23+,24-,25-/m1/s1. The summed E-state index contributed by atoms with van der Waals surface area (Å²) in [6.45, 7) is -0.0357. The normalized spacial score (nSPS) is 24.5. The molecule has 2 aromatic carbocycles. The lowest BCUT2D eigenvalue weighted by Gasteiger charge is -2.39. The summed E-state index contributed by atoms with van der Waals surface area (Å²) in [5.41, 5.74) is 1.35. The first-order valence-corrected chi connectivity index (χ1v) is 10.9. The van der Waals surface area contributed by atoms with Gasteiger partial charge in [-0.05, 0) is 17.7 Å². The molecule has 0 amide bonds. The first-order chi connectivity index (χ1) is 16.5. The molecule has 1 saturated heterocycles. The third-order valence-corrected chi connectivity index (χ3v) is 5.62. The van der Waals surface area contributed by atoms with Gasteiger partial charge in [0.1, 0.15) is 42.5 Å². The average molecular weight is 469 g/mol. The van der Waals surface area contributed by atoms with Gasteiger partial charge in [-0.3, -0.25) is 4.79 Å². The van der Waals surface area contributed by atoms with E-state index in [9.17, 15) is 25.2 Å². The summed E-state index contributed by atoms with van der Waals surface area (Å²) in [4.78, 5) is 12.7. The van der Waals surface area contributed by atoms with Crippen molar-refractivity contribution in [1.29, 1.82) is 0 Å². The van der Waals surface area contributed by atoms with Crippen molar-refractivity contribution in [3.8, 4) is 11.5 Å². The van der Waals surface area contributed by atoms with Gasteiger partial charge in [0.15, 0.2) is 0 Å². The van der Waals surface area contributed by atoms with E-state index in [0.29, 0.717) is 23.7 Å². The van der Waals surface area contributed by atoms with Crippen LogP contribution < -0.4 is 15.0 Å². The fraction of sp³-hybridized carbons (Fsp3) is 0.320. The molecule has 4 rings (SSSR count). The fourth-order valence-corrected chi connectivity index (χ4v) is 3.67. The molecule has 4 N–H and O–H groups in total. The number of ether oxygens (including phenoxy) is 3. The van der Waals surface area contributed by atoms with Crippen molar-refractivity contribution in [3.05, 3.63) is 94.4 Å². The maximum atomic E-state index is 12.7. The van der Waals surface area contributed by atoms with Gasteiger partial charge in [-0.25, -0.2) is 0 Å². The van der Waals surface area contributed by atoms with E-state index in [1.165, 1.54) is 10.6 Å². The molecule has 1 fully saturated rings.